The summed E-state index contributed by atoms with van der Waals surface area (Å²) in [4.78, 5) is 23.9. The Balaban J connectivity index is 1.93. The van der Waals surface area contributed by atoms with E-state index in [1.54, 1.807) is 0 Å². The molecule has 2 aromatic rings. The van der Waals surface area contributed by atoms with E-state index >= 15 is 0 Å². The van der Waals surface area contributed by atoms with Gasteiger partial charge in [0.25, 0.3) is 5.91 Å². The van der Waals surface area contributed by atoms with Crippen molar-refractivity contribution < 1.29 is 27.8 Å². The minimum atomic E-state index is -1.25. The molecule has 0 saturated carbocycles. The van der Waals surface area contributed by atoms with Gasteiger partial charge in [-0.3, -0.25) is 4.79 Å². The van der Waals surface area contributed by atoms with E-state index in [-0.39, 0.29) is 0 Å². The van der Waals surface area contributed by atoms with Crippen LogP contribution in [0.1, 0.15) is 23.6 Å². The molecule has 0 saturated heterocycles. The topological polar surface area (TPSA) is 64.6 Å². The van der Waals surface area contributed by atoms with Crippen LogP contribution in [0.15, 0.2) is 30.3 Å². The molecule has 2 rings (SSSR count). The van der Waals surface area contributed by atoms with Crippen LogP contribution in [0.2, 0.25) is 0 Å². The van der Waals surface area contributed by atoms with Crippen molar-refractivity contribution in [1.82, 2.24) is 0 Å². The Morgan fingerprint density at radius 2 is 1.63 bits per heavy atom. The first kappa shape index (κ1) is 20.4. The van der Waals surface area contributed by atoms with Crippen LogP contribution < -0.4 is 10.1 Å². The molecule has 0 heterocycles. The number of rotatable bonds is 6. The summed E-state index contributed by atoms with van der Waals surface area (Å²) in [6, 6.07) is 7.04. The first-order valence-corrected chi connectivity index (χ1v) is 8.34. The standard InChI is InChI=1S/C20H21F2NO4/c1-11-8-12(2)19(13(3)9-11)26-10-17(24)27-14(4)20(25)23-18-15(21)6-5-7-16(18)22/h5-9,14H,10H2,1-4H3,(H,23,25)/t14-/m1/s1. The lowest BCUT2D eigenvalue weighted by molar-refractivity contribution is -0.155. The number of nitrogens with one attached hydrogen (secondary N) is 1. The van der Waals surface area contributed by atoms with E-state index in [1.165, 1.54) is 13.0 Å². The third-order valence-corrected chi connectivity index (χ3v) is 3.83. The second kappa shape index (κ2) is 8.62. The average Bonchev–Trinajstić information content (AvgIpc) is 2.57. The first-order valence-electron chi connectivity index (χ1n) is 8.34. The van der Waals surface area contributed by atoms with Gasteiger partial charge in [0.05, 0.1) is 0 Å². The highest BCUT2D eigenvalue weighted by atomic mass is 19.1. The zero-order valence-electron chi connectivity index (χ0n) is 15.6. The van der Waals surface area contributed by atoms with Gasteiger partial charge in [0.1, 0.15) is 23.1 Å². The van der Waals surface area contributed by atoms with E-state index in [2.05, 4.69) is 5.32 Å². The summed E-state index contributed by atoms with van der Waals surface area (Å²) in [6.07, 6.45) is -1.25. The van der Waals surface area contributed by atoms with Crippen LogP contribution >= 0.6 is 0 Å². The molecule has 1 atom stereocenters. The molecule has 0 unspecified atom stereocenters. The highest BCUT2D eigenvalue weighted by Gasteiger charge is 2.21. The second-order valence-electron chi connectivity index (χ2n) is 6.23. The van der Waals surface area contributed by atoms with Gasteiger partial charge in [0, 0.05) is 0 Å². The molecular weight excluding hydrogens is 356 g/mol. The molecule has 0 aliphatic carbocycles. The third kappa shape index (κ3) is 5.26. The Bertz CT molecular complexity index is 824. The van der Waals surface area contributed by atoms with Crippen LogP contribution in [-0.2, 0) is 14.3 Å². The summed E-state index contributed by atoms with van der Waals surface area (Å²) in [5.74, 6) is -2.89. The molecule has 0 aliphatic rings. The Morgan fingerprint density at radius 3 is 2.19 bits per heavy atom. The minimum absolute atomic E-state index is 0.392. The molecule has 0 spiro atoms. The van der Waals surface area contributed by atoms with E-state index in [0.29, 0.717) is 5.75 Å². The number of aryl methyl sites for hydroxylation is 3. The molecule has 0 fully saturated rings. The number of anilines is 1. The molecule has 1 N–H and O–H groups in total. The van der Waals surface area contributed by atoms with Gasteiger partial charge in [0.2, 0.25) is 0 Å². The normalized spacial score (nSPS) is 11.6. The fourth-order valence-corrected chi connectivity index (χ4v) is 2.65. The van der Waals surface area contributed by atoms with Crippen molar-refractivity contribution in [3.63, 3.8) is 0 Å². The lowest BCUT2D eigenvalue weighted by Crippen LogP contribution is -2.32. The number of carbonyl (C=O) groups excluding carboxylic acids is 2. The summed E-state index contributed by atoms with van der Waals surface area (Å²) >= 11 is 0. The second-order valence-corrected chi connectivity index (χ2v) is 6.23. The van der Waals surface area contributed by atoms with Crippen LogP contribution in [-0.4, -0.2) is 24.6 Å². The number of ether oxygens (including phenoxy) is 2. The van der Waals surface area contributed by atoms with Gasteiger partial charge in [-0.15, -0.1) is 0 Å². The number of halogens is 2. The Kier molecular flexibility index (Phi) is 6.50. The van der Waals surface area contributed by atoms with E-state index < -0.39 is 41.9 Å². The van der Waals surface area contributed by atoms with Crippen molar-refractivity contribution in [3.05, 3.63) is 58.7 Å². The number of para-hydroxylation sites is 1. The van der Waals surface area contributed by atoms with E-state index in [0.717, 1.165) is 28.8 Å². The van der Waals surface area contributed by atoms with Gasteiger partial charge in [-0.25, -0.2) is 13.6 Å². The highest BCUT2D eigenvalue weighted by Crippen LogP contribution is 2.24. The van der Waals surface area contributed by atoms with E-state index in [9.17, 15) is 18.4 Å². The average molecular weight is 377 g/mol. The maximum Gasteiger partial charge on any atom is 0.344 e. The number of amides is 1. The molecule has 0 bridgehead atoms. The molecule has 2 aromatic carbocycles. The van der Waals surface area contributed by atoms with Gasteiger partial charge in [-0.05, 0) is 51.0 Å². The Morgan fingerprint density at radius 1 is 1.07 bits per heavy atom. The van der Waals surface area contributed by atoms with Crippen LogP contribution in [0, 0.1) is 32.4 Å². The summed E-state index contributed by atoms with van der Waals surface area (Å²) in [5, 5.41) is 2.07. The van der Waals surface area contributed by atoms with Gasteiger partial charge >= 0.3 is 5.97 Å². The number of esters is 1. The molecule has 27 heavy (non-hydrogen) atoms. The smallest absolute Gasteiger partial charge is 0.344 e. The predicted octanol–water partition coefficient (Wildman–Crippen LogP) is 3.84. The Labute approximate surface area is 156 Å². The van der Waals surface area contributed by atoms with E-state index in [1.807, 2.05) is 32.9 Å². The first-order chi connectivity index (χ1) is 12.7. The zero-order chi connectivity index (χ0) is 20.1. The van der Waals surface area contributed by atoms with Crippen molar-refractivity contribution in [2.24, 2.45) is 0 Å². The fraction of sp³-hybridized carbons (Fsp3) is 0.300. The number of carbonyl (C=O) groups is 2. The molecule has 5 nitrogen and oxygen atoms in total. The van der Waals surface area contributed by atoms with Crippen LogP contribution in [0.3, 0.4) is 0 Å². The van der Waals surface area contributed by atoms with Gasteiger partial charge in [0.15, 0.2) is 12.7 Å². The van der Waals surface area contributed by atoms with Crippen molar-refractivity contribution in [2.75, 3.05) is 11.9 Å². The summed E-state index contributed by atoms with van der Waals surface area (Å²) < 4.78 is 37.6. The van der Waals surface area contributed by atoms with Crippen LogP contribution in [0.4, 0.5) is 14.5 Å². The summed E-state index contributed by atoms with van der Waals surface area (Å²) in [5.41, 5.74) is 2.24. The zero-order valence-corrected chi connectivity index (χ0v) is 15.6. The van der Waals surface area contributed by atoms with Crippen LogP contribution in [0.5, 0.6) is 5.75 Å². The maximum atomic E-state index is 13.6. The number of benzene rings is 2. The summed E-state index contributed by atoms with van der Waals surface area (Å²) in [7, 11) is 0. The van der Waals surface area contributed by atoms with Crippen molar-refractivity contribution in [3.8, 4) is 5.75 Å². The van der Waals surface area contributed by atoms with Gasteiger partial charge < -0.3 is 14.8 Å². The van der Waals surface area contributed by atoms with Crippen LogP contribution in [0.25, 0.3) is 0 Å². The molecule has 7 heteroatoms. The van der Waals surface area contributed by atoms with Crippen molar-refractivity contribution in [2.45, 2.75) is 33.8 Å². The predicted molar refractivity (Wildman–Crippen MR) is 96.7 cm³/mol. The Hall–Kier alpha value is -2.96. The van der Waals surface area contributed by atoms with E-state index in [4.69, 9.17) is 9.47 Å². The molecule has 0 aliphatic heterocycles. The lowest BCUT2D eigenvalue weighted by atomic mass is 10.1. The number of hydrogen-bond donors (Lipinski definition) is 1. The van der Waals surface area contributed by atoms with Gasteiger partial charge in [-0.2, -0.15) is 0 Å². The molecule has 1 amide bonds. The molecular formula is C20H21F2NO4. The lowest BCUT2D eigenvalue weighted by Gasteiger charge is -2.16. The molecule has 0 radical (unpaired) electrons. The molecule has 0 aromatic heterocycles. The molecule has 144 valence electrons. The number of hydrogen-bond acceptors (Lipinski definition) is 4. The minimum Gasteiger partial charge on any atom is -0.481 e. The SMILES string of the molecule is Cc1cc(C)c(OCC(=O)O[C@H](C)C(=O)Nc2c(F)cccc2F)c(C)c1. The summed E-state index contributed by atoms with van der Waals surface area (Å²) in [6.45, 7) is 6.58. The highest BCUT2D eigenvalue weighted by molar-refractivity contribution is 5.95. The van der Waals surface area contributed by atoms with Gasteiger partial charge in [-0.1, -0.05) is 23.8 Å². The monoisotopic (exact) mass is 377 g/mol. The van der Waals surface area contributed by atoms with Crippen molar-refractivity contribution >= 4 is 17.6 Å². The quantitative estimate of drug-likeness (QED) is 0.777. The third-order valence-electron chi connectivity index (χ3n) is 3.83. The largest absolute Gasteiger partial charge is 0.481 e. The maximum absolute atomic E-state index is 13.6. The van der Waals surface area contributed by atoms with Crippen molar-refractivity contribution in [1.29, 1.82) is 0 Å². The fourth-order valence-electron chi connectivity index (χ4n) is 2.65.